The molecule has 0 saturated carbocycles. The van der Waals surface area contributed by atoms with Gasteiger partial charge < -0.3 is 10.1 Å². The summed E-state index contributed by atoms with van der Waals surface area (Å²) in [7, 11) is 0.699. The lowest BCUT2D eigenvalue weighted by molar-refractivity contribution is -0.391. The Labute approximate surface area is 112 Å². The van der Waals surface area contributed by atoms with E-state index in [0.717, 1.165) is 0 Å². The minimum atomic E-state index is -4.29. The van der Waals surface area contributed by atoms with Crippen LogP contribution in [0.1, 0.15) is 12.0 Å². The number of alkyl halides is 2. The van der Waals surface area contributed by atoms with Crippen LogP contribution in [0.15, 0.2) is 11.1 Å². The third kappa shape index (κ3) is 2.98. The van der Waals surface area contributed by atoms with Gasteiger partial charge in [0.2, 0.25) is 0 Å². The van der Waals surface area contributed by atoms with Crippen LogP contribution >= 0.6 is 33.3 Å². The van der Waals surface area contributed by atoms with Crippen molar-refractivity contribution in [1.29, 1.82) is 0 Å². The molecule has 0 fully saturated rings. The van der Waals surface area contributed by atoms with Gasteiger partial charge in [-0.3, -0.25) is 0 Å². The molecule has 0 saturated heterocycles. The lowest BCUT2D eigenvalue weighted by atomic mass is 10.2. The standard InChI is InChI=1S/C6H2ClF2IN2O4S/c7-17(15,16)2-1-11-6(12(13)14)3(4(2)10)5(8)9/h1,5H. The Hall–Kier alpha value is -0.620. The van der Waals surface area contributed by atoms with Crippen LogP contribution in [0, 0.1) is 13.7 Å². The molecule has 0 radical (unpaired) electrons. The van der Waals surface area contributed by atoms with Gasteiger partial charge in [-0.05, 0) is 32.5 Å². The van der Waals surface area contributed by atoms with E-state index in [-0.39, 0.29) is 0 Å². The van der Waals surface area contributed by atoms with Gasteiger partial charge in [0.1, 0.15) is 10.5 Å². The molecule has 6 nitrogen and oxygen atoms in total. The van der Waals surface area contributed by atoms with Crippen LogP contribution in [-0.2, 0) is 9.05 Å². The summed E-state index contributed by atoms with van der Waals surface area (Å²) in [6.07, 6.45) is -2.65. The maximum Gasteiger partial charge on any atom is 0.373 e. The molecule has 94 valence electrons. The van der Waals surface area contributed by atoms with Gasteiger partial charge in [-0.25, -0.2) is 17.2 Å². The Bertz CT molecular complexity index is 580. The Morgan fingerprint density at radius 2 is 2.06 bits per heavy atom. The highest BCUT2D eigenvalue weighted by Gasteiger charge is 2.32. The van der Waals surface area contributed by atoms with Crippen molar-refractivity contribution in [2.45, 2.75) is 11.3 Å². The zero-order valence-electron chi connectivity index (χ0n) is 7.60. The molecule has 0 unspecified atom stereocenters. The molecule has 1 rings (SSSR count). The molecule has 0 bridgehead atoms. The van der Waals surface area contributed by atoms with E-state index in [4.69, 9.17) is 10.7 Å². The number of pyridine rings is 1. The Kier molecular flexibility index (Phi) is 4.19. The minimum absolute atomic E-state index is 0.505. The van der Waals surface area contributed by atoms with E-state index in [1.165, 1.54) is 22.6 Å². The Balaban J connectivity index is 3.67. The monoisotopic (exact) mass is 398 g/mol. The van der Waals surface area contributed by atoms with Gasteiger partial charge in [0.25, 0.3) is 15.5 Å². The fourth-order valence-corrected chi connectivity index (χ4v) is 3.72. The molecule has 0 atom stereocenters. The van der Waals surface area contributed by atoms with Crippen molar-refractivity contribution in [2.75, 3.05) is 0 Å². The van der Waals surface area contributed by atoms with Crippen molar-refractivity contribution >= 4 is 48.1 Å². The molecule has 1 aromatic rings. The normalized spacial score (nSPS) is 11.8. The van der Waals surface area contributed by atoms with E-state index < -0.39 is 40.2 Å². The molecule has 0 aliphatic carbocycles. The third-order valence-corrected chi connectivity index (χ3v) is 4.51. The summed E-state index contributed by atoms with van der Waals surface area (Å²) in [5.41, 5.74) is -1.06. The average molecular weight is 399 g/mol. The molecule has 0 aliphatic rings. The second kappa shape index (κ2) is 4.94. The van der Waals surface area contributed by atoms with E-state index in [0.29, 0.717) is 6.20 Å². The largest absolute Gasteiger partial charge is 0.373 e. The first-order chi connectivity index (χ1) is 7.66. The van der Waals surface area contributed by atoms with E-state index in [9.17, 15) is 27.3 Å². The number of hydrogen-bond acceptors (Lipinski definition) is 5. The number of hydrogen-bond donors (Lipinski definition) is 0. The molecule has 0 spiro atoms. The van der Waals surface area contributed by atoms with Gasteiger partial charge >= 0.3 is 5.82 Å². The fraction of sp³-hybridized carbons (Fsp3) is 0.167. The molecule has 1 heterocycles. The predicted octanol–water partition coefficient (Wildman–Crippen LogP) is 2.46. The lowest BCUT2D eigenvalue weighted by Gasteiger charge is -2.06. The number of rotatable bonds is 3. The maximum absolute atomic E-state index is 12.6. The highest BCUT2D eigenvalue weighted by molar-refractivity contribution is 14.1. The third-order valence-electron chi connectivity index (χ3n) is 1.65. The zero-order chi connectivity index (χ0) is 13.4. The van der Waals surface area contributed by atoms with Crippen molar-refractivity contribution in [3.8, 4) is 0 Å². The van der Waals surface area contributed by atoms with Crippen LogP contribution in [0.25, 0.3) is 0 Å². The molecule has 11 heteroatoms. The van der Waals surface area contributed by atoms with Crippen LogP contribution < -0.4 is 0 Å². The minimum Gasteiger partial charge on any atom is -0.358 e. The molecule has 17 heavy (non-hydrogen) atoms. The summed E-state index contributed by atoms with van der Waals surface area (Å²) in [6.45, 7) is 0. The number of aromatic nitrogens is 1. The quantitative estimate of drug-likeness (QED) is 0.338. The fourth-order valence-electron chi connectivity index (χ4n) is 0.986. The molecule has 0 N–H and O–H groups in total. The summed E-state index contributed by atoms with van der Waals surface area (Å²) in [4.78, 5) is 11.7. The predicted molar refractivity (Wildman–Crippen MR) is 61.6 cm³/mol. The van der Waals surface area contributed by atoms with Gasteiger partial charge in [0.15, 0.2) is 6.20 Å². The SMILES string of the molecule is O=[N+]([O-])c1ncc(S(=O)(=O)Cl)c(I)c1C(F)F. The van der Waals surface area contributed by atoms with Gasteiger partial charge in [-0.1, -0.05) is 0 Å². The van der Waals surface area contributed by atoms with Gasteiger partial charge in [0.05, 0.1) is 3.57 Å². The number of nitrogens with zero attached hydrogens (tertiary/aromatic N) is 2. The van der Waals surface area contributed by atoms with Crippen LogP contribution in [0.5, 0.6) is 0 Å². The molecule has 0 amide bonds. The molecular formula is C6H2ClF2IN2O4S. The van der Waals surface area contributed by atoms with E-state index in [2.05, 4.69) is 4.98 Å². The lowest BCUT2D eigenvalue weighted by Crippen LogP contribution is -2.06. The van der Waals surface area contributed by atoms with E-state index >= 15 is 0 Å². The molecular weight excluding hydrogens is 396 g/mol. The second-order valence-corrected chi connectivity index (χ2v) is 6.28. The molecule has 0 aliphatic heterocycles. The van der Waals surface area contributed by atoms with Gasteiger partial charge in [-0.15, -0.1) is 0 Å². The first kappa shape index (κ1) is 14.4. The highest BCUT2D eigenvalue weighted by atomic mass is 127. The maximum atomic E-state index is 12.6. The van der Waals surface area contributed by atoms with Gasteiger partial charge in [-0.2, -0.15) is 0 Å². The summed E-state index contributed by atoms with van der Waals surface area (Å²) in [5.74, 6) is -1.09. The average Bonchev–Trinajstić information content (AvgIpc) is 2.13. The van der Waals surface area contributed by atoms with E-state index in [1.807, 2.05) is 0 Å². The van der Waals surface area contributed by atoms with Gasteiger partial charge in [0, 0.05) is 10.7 Å². The number of halogens is 4. The Morgan fingerprint density at radius 3 is 2.41 bits per heavy atom. The van der Waals surface area contributed by atoms with Crippen LogP contribution in [0.4, 0.5) is 14.6 Å². The van der Waals surface area contributed by atoms with Crippen molar-refractivity contribution in [1.82, 2.24) is 4.98 Å². The van der Waals surface area contributed by atoms with Crippen molar-refractivity contribution in [3.05, 3.63) is 25.4 Å². The van der Waals surface area contributed by atoms with Crippen molar-refractivity contribution < 1.29 is 22.1 Å². The first-order valence-corrected chi connectivity index (χ1v) is 7.10. The van der Waals surface area contributed by atoms with Crippen molar-refractivity contribution in [3.63, 3.8) is 0 Å². The summed E-state index contributed by atoms with van der Waals surface area (Å²) >= 11 is 1.25. The second-order valence-electron chi connectivity index (χ2n) is 2.67. The van der Waals surface area contributed by atoms with E-state index in [1.54, 1.807) is 0 Å². The Morgan fingerprint density at radius 1 is 1.53 bits per heavy atom. The number of nitro groups is 1. The molecule has 1 aromatic heterocycles. The smallest absolute Gasteiger partial charge is 0.358 e. The van der Waals surface area contributed by atoms with Crippen LogP contribution in [0.3, 0.4) is 0 Å². The summed E-state index contributed by atoms with van der Waals surface area (Å²) < 4.78 is 46.8. The summed E-state index contributed by atoms with van der Waals surface area (Å²) in [6, 6.07) is 0. The zero-order valence-corrected chi connectivity index (χ0v) is 11.3. The molecule has 0 aromatic carbocycles. The first-order valence-electron chi connectivity index (χ1n) is 3.72. The highest BCUT2D eigenvalue weighted by Crippen LogP contribution is 2.35. The van der Waals surface area contributed by atoms with Crippen LogP contribution in [0.2, 0.25) is 0 Å². The van der Waals surface area contributed by atoms with Crippen molar-refractivity contribution in [2.24, 2.45) is 0 Å². The van der Waals surface area contributed by atoms with Crippen LogP contribution in [-0.4, -0.2) is 18.3 Å². The summed E-state index contributed by atoms with van der Waals surface area (Å²) in [5, 5.41) is 10.5. The topological polar surface area (TPSA) is 90.2 Å².